The molecule has 0 aliphatic carbocycles. The molecule has 6 heteroatoms. The second-order valence-corrected chi connectivity index (χ2v) is 5.47. The minimum atomic E-state index is -0.148. The van der Waals surface area contributed by atoms with E-state index in [1.807, 2.05) is 19.9 Å². The van der Waals surface area contributed by atoms with E-state index in [4.69, 9.17) is 5.73 Å². The minimum Gasteiger partial charge on any atom is -0.353 e. The number of nitrogens with two attached hydrogens (primary N) is 1. The van der Waals surface area contributed by atoms with Crippen molar-refractivity contribution in [2.45, 2.75) is 38.8 Å². The first kappa shape index (κ1) is 14.7. The number of piperidine rings is 1. The quantitative estimate of drug-likeness (QED) is 0.839. The van der Waals surface area contributed by atoms with Gasteiger partial charge in [0.05, 0.1) is 0 Å². The lowest BCUT2D eigenvalue weighted by Gasteiger charge is -2.33. The van der Waals surface area contributed by atoms with Gasteiger partial charge >= 0.3 is 0 Å². The van der Waals surface area contributed by atoms with E-state index in [9.17, 15) is 4.79 Å². The van der Waals surface area contributed by atoms with Crippen LogP contribution in [0, 0.1) is 5.92 Å². The first-order chi connectivity index (χ1) is 9.58. The summed E-state index contributed by atoms with van der Waals surface area (Å²) >= 11 is 0. The SMILES string of the molecule is CC(N)C(C)C(=O)NC1CCN(c2ncccn2)CC1. The number of nitrogens with one attached hydrogen (secondary N) is 1. The maximum Gasteiger partial charge on any atom is 0.225 e. The predicted molar refractivity (Wildman–Crippen MR) is 78.2 cm³/mol. The van der Waals surface area contributed by atoms with Crippen molar-refractivity contribution in [3.63, 3.8) is 0 Å². The molecule has 1 aromatic heterocycles. The fourth-order valence-corrected chi connectivity index (χ4v) is 2.25. The molecule has 1 aromatic rings. The van der Waals surface area contributed by atoms with Crippen LogP contribution in [0.2, 0.25) is 0 Å². The van der Waals surface area contributed by atoms with Gasteiger partial charge in [0.1, 0.15) is 0 Å². The van der Waals surface area contributed by atoms with Crippen molar-refractivity contribution in [2.24, 2.45) is 11.7 Å². The van der Waals surface area contributed by atoms with Gasteiger partial charge in [0.15, 0.2) is 0 Å². The van der Waals surface area contributed by atoms with Crippen LogP contribution in [0.3, 0.4) is 0 Å². The predicted octanol–water partition coefficient (Wildman–Crippen LogP) is 0.545. The second-order valence-electron chi connectivity index (χ2n) is 5.47. The molecule has 6 nitrogen and oxygen atoms in total. The molecule has 20 heavy (non-hydrogen) atoms. The molecule has 2 unspecified atom stereocenters. The van der Waals surface area contributed by atoms with Gasteiger partial charge in [0, 0.05) is 43.5 Å². The Labute approximate surface area is 119 Å². The number of carbonyl (C=O) groups is 1. The number of aromatic nitrogens is 2. The minimum absolute atomic E-state index is 0.0504. The first-order valence-corrected chi connectivity index (χ1v) is 7.16. The molecule has 1 amide bonds. The number of hydrogen-bond acceptors (Lipinski definition) is 5. The molecule has 0 aromatic carbocycles. The molecule has 2 atom stereocenters. The molecule has 1 fully saturated rings. The molecule has 3 N–H and O–H groups in total. The first-order valence-electron chi connectivity index (χ1n) is 7.16. The lowest BCUT2D eigenvalue weighted by molar-refractivity contribution is -0.125. The van der Waals surface area contributed by atoms with Crippen molar-refractivity contribution in [3.05, 3.63) is 18.5 Å². The molecular weight excluding hydrogens is 254 g/mol. The lowest BCUT2D eigenvalue weighted by Crippen LogP contribution is -2.48. The summed E-state index contributed by atoms with van der Waals surface area (Å²) in [5.41, 5.74) is 5.75. The maximum absolute atomic E-state index is 12.0. The highest BCUT2D eigenvalue weighted by Gasteiger charge is 2.24. The summed E-state index contributed by atoms with van der Waals surface area (Å²) in [6, 6.07) is 1.92. The van der Waals surface area contributed by atoms with Crippen LogP contribution in [0.25, 0.3) is 0 Å². The van der Waals surface area contributed by atoms with Gasteiger partial charge in [0.2, 0.25) is 11.9 Å². The molecule has 0 radical (unpaired) electrons. The molecule has 0 spiro atoms. The van der Waals surface area contributed by atoms with Gasteiger partial charge in [-0.3, -0.25) is 4.79 Å². The molecule has 0 saturated carbocycles. The van der Waals surface area contributed by atoms with Crippen LogP contribution in [0.1, 0.15) is 26.7 Å². The largest absolute Gasteiger partial charge is 0.353 e. The molecule has 0 bridgehead atoms. The van der Waals surface area contributed by atoms with E-state index in [-0.39, 0.29) is 23.9 Å². The highest BCUT2D eigenvalue weighted by atomic mass is 16.2. The standard InChI is InChI=1S/C14H23N5O/c1-10(11(2)15)13(20)18-12-4-8-19(9-5-12)14-16-6-3-7-17-14/h3,6-7,10-12H,4-5,8-9,15H2,1-2H3,(H,18,20). The van der Waals surface area contributed by atoms with E-state index in [1.165, 1.54) is 0 Å². The zero-order valence-electron chi connectivity index (χ0n) is 12.1. The summed E-state index contributed by atoms with van der Waals surface area (Å²) in [6.07, 6.45) is 5.33. The molecule has 1 aliphatic rings. The van der Waals surface area contributed by atoms with Gasteiger partial charge < -0.3 is 16.0 Å². The third-order valence-corrected chi connectivity index (χ3v) is 3.88. The van der Waals surface area contributed by atoms with Gasteiger partial charge in [-0.05, 0) is 25.8 Å². The third-order valence-electron chi connectivity index (χ3n) is 3.88. The average Bonchev–Trinajstić information content (AvgIpc) is 2.48. The van der Waals surface area contributed by atoms with E-state index in [1.54, 1.807) is 12.4 Å². The zero-order valence-corrected chi connectivity index (χ0v) is 12.1. The normalized spacial score (nSPS) is 19.4. The van der Waals surface area contributed by atoms with Crippen LogP contribution in [0.5, 0.6) is 0 Å². The van der Waals surface area contributed by atoms with Crippen molar-refractivity contribution < 1.29 is 4.79 Å². The van der Waals surface area contributed by atoms with Gasteiger partial charge in [-0.15, -0.1) is 0 Å². The van der Waals surface area contributed by atoms with Gasteiger partial charge in [-0.25, -0.2) is 9.97 Å². The number of hydrogen-bond donors (Lipinski definition) is 2. The van der Waals surface area contributed by atoms with Crippen LogP contribution >= 0.6 is 0 Å². The highest BCUT2D eigenvalue weighted by molar-refractivity contribution is 5.79. The highest BCUT2D eigenvalue weighted by Crippen LogP contribution is 2.15. The Morgan fingerprint density at radius 1 is 1.35 bits per heavy atom. The number of amides is 1. The van der Waals surface area contributed by atoms with Gasteiger partial charge in [-0.2, -0.15) is 0 Å². The summed E-state index contributed by atoms with van der Waals surface area (Å²) in [5.74, 6) is 0.668. The lowest BCUT2D eigenvalue weighted by atomic mass is 10.0. The van der Waals surface area contributed by atoms with Crippen molar-refractivity contribution in [1.29, 1.82) is 0 Å². The molecule has 1 saturated heterocycles. The van der Waals surface area contributed by atoms with Crippen LogP contribution in [0.15, 0.2) is 18.5 Å². The van der Waals surface area contributed by atoms with Crippen molar-refractivity contribution in [3.8, 4) is 0 Å². The van der Waals surface area contributed by atoms with Crippen LogP contribution in [-0.2, 0) is 4.79 Å². The van der Waals surface area contributed by atoms with Gasteiger partial charge in [-0.1, -0.05) is 6.92 Å². The Morgan fingerprint density at radius 2 is 1.95 bits per heavy atom. The maximum atomic E-state index is 12.0. The molecule has 1 aliphatic heterocycles. The zero-order chi connectivity index (χ0) is 14.5. The Kier molecular flexibility index (Phi) is 4.89. The Hall–Kier alpha value is -1.69. The summed E-state index contributed by atoms with van der Waals surface area (Å²) < 4.78 is 0. The number of anilines is 1. The monoisotopic (exact) mass is 277 g/mol. The van der Waals surface area contributed by atoms with Crippen LogP contribution in [-0.4, -0.2) is 41.0 Å². The third kappa shape index (κ3) is 3.66. The second kappa shape index (κ2) is 6.65. The number of nitrogens with zero attached hydrogens (tertiary/aromatic N) is 3. The van der Waals surface area contributed by atoms with Crippen molar-refractivity contribution in [1.82, 2.24) is 15.3 Å². The number of carbonyl (C=O) groups excluding carboxylic acids is 1. The summed E-state index contributed by atoms with van der Waals surface area (Å²) in [7, 11) is 0. The van der Waals surface area contributed by atoms with Gasteiger partial charge in [0.25, 0.3) is 0 Å². The summed E-state index contributed by atoms with van der Waals surface area (Å²) in [4.78, 5) is 22.6. The molecule has 2 heterocycles. The molecule has 110 valence electrons. The van der Waals surface area contributed by atoms with E-state index >= 15 is 0 Å². The topological polar surface area (TPSA) is 84.1 Å². The summed E-state index contributed by atoms with van der Waals surface area (Å²) in [5, 5.41) is 3.09. The van der Waals surface area contributed by atoms with Crippen LogP contribution in [0.4, 0.5) is 5.95 Å². The van der Waals surface area contributed by atoms with E-state index in [0.717, 1.165) is 31.9 Å². The number of rotatable bonds is 4. The molecular formula is C14H23N5O. The van der Waals surface area contributed by atoms with E-state index < -0.39 is 0 Å². The van der Waals surface area contributed by atoms with Crippen LogP contribution < -0.4 is 16.0 Å². The fourth-order valence-electron chi connectivity index (χ4n) is 2.25. The molecule has 2 rings (SSSR count). The summed E-state index contributed by atoms with van der Waals surface area (Å²) in [6.45, 7) is 5.45. The van der Waals surface area contributed by atoms with E-state index in [0.29, 0.717) is 0 Å². The van der Waals surface area contributed by atoms with E-state index in [2.05, 4.69) is 20.2 Å². The average molecular weight is 277 g/mol. The fraction of sp³-hybridized carbons (Fsp3) is 0.643. The van der Waals surface area contributed by atoms with Crippen molar-refractivity contribution >= 4 is 11.9 Å². The Morgan fingerprint density at radius 3 is 2.50 bits per heavy atom. The Bertz CT molecular complexity index is 428. The Balaban J connectivity index is 1.81. The smallest absolute Gasteiger partial charge is 0.225 e. The van der Waals surface area contributed by atoms with Crippen molar-refractivity contribution in [2.75, 3.05) is 18.0 Å².